The number of nitrogens with zero attached hydrogens (tertiary/aromatic N) is 1. The molecule has 0 atom stereocenters. The van der Waals surface area contributed by atoms with Crippen molar-refractivity contribution in [2.75, 3.05) is 13.7 Å². The zero-order valence-corrected chi connectivity index (χ0v) is 17.2. The predicted octanol–water partition coefficient (Wildman–Crippen LogP) is 4.38. The van der Waals surface area contributed by atoms with Crippen LogP contribution >= 0.6 is 11.3 Å². The average Bonchev–Trinajstić information content (AvgIpc) is 3.21. The Morgan fingerprint density at radius 2 is 1.82 bits per heavy atom. The average molecular weight is 395 g/mol. The predicted molar refractivity (Wildman–Crippen MR) is 114 cm³/mol. The van der Waals surface area contributed by atoms with Crippen LogP contribution in [0.15, 0.2) is 66.0 Å². The van der Waals surface area contributed by atoms with Crippen LogP contribution in [0.2, 0.25) is 0 Å². The molecule has 0 saturated carbocycles. The van der Waals surface area contributed by atoms with E-state index in [-0.39, 0.29) is 5.91 Å². The summed E-state index contributed by atoms with van der Waals surface area (Å²) >= 11 is 1.71. The molecule has 1 aromatic heterocycles. The first-order chi connectivity index (χ1) is 13.6. The number of hydrogen-bond donors (Lipinski definition) is 1. The van der Waals surface area contributed by atoms with E-state index in [1.165, 1.54) is 10.4 Å². The largest absolute Gasteiger partial charge is 0.496 e. The van der Waals surface area contributed by atoms with Gasteiger partial charge < -0.3 is 10.1 Å². The Balaban J connectivity index is 1.64. The van der Waals surface area contributed by atoms with Gasteiger partial charge in [0.25, 0.3) is 0 Å². The molecule has 2 aromatic carbocycles. The second-order valence-electron chi connectivity index (χ2n) is 6.80. The highest BCUT2D eigenvalue weighted by molar-refractivity contribution is 7.09. The van der Waals surface area contributed by atoms with E-state index in [0.29, 0.717) is 19.6 Å². The summed E-state index contributed by atoms with van der Waals surface area (Å²) in [6, 6.07) is 20.3. The summed E-state index contributed by atoms with van der Waals surface area (Å²) in [6.07, 6.45) is 0. The van der Waals surface area contributed by atoms with E-state index < -0.39 is 0 Å². The number of benzene rings is 2. The van der Waals surface area contributed by atoms with E-state index in [0.717, 1.165) is 23.4 Å². The number of para-hydroxylation sites is 1. The van der Waals surface area contributed by atoms with Crippen molar-refractivity contribution in [1.82, 2.24) is 10.2 Å². The normalized spacial score (nSPS) is 10.8. The van der Waals surface area contributed by atoms with Gasteiger partial charge in [-0.25, -0.2) is 0 Å². The number of ether oxygens (including phenoxy) is 1. The van der Waals surface area contributed by atoms with Crippen LogP contribution in [0.5, 0.6) is 5.75 Å². The van der Waals surface area contributed by atoms with Crippen LogP contribution in [-0.4, -0.2) is 24.5 Å². The topological polar surface area (TPSA) is 41.6 Å². The highest BCUT2D eigenvalue weighted by Crippen LogP contribution is 2.21. The number of hydrogen-bond acceptors (Lipinski definition) is 4. The minimum absolute atomic E-state index is 0.0204. The molecule has 1 N–H and O–H groups in total. The maximum Gasteiger partial charge on any atom is 0.234 e. The number of thiophene rings is 1. The molecule has 1 amide bonds. The SMILES string of the molecule is COc1ccccc1CN(CC(=O)NCc1ccc(C)cc1)Cc1cccs1. The third-order valence-corrected chi connectivity index (χ3v) is 5.38. The van der Waals surface area contributed by atoms with E-state index in [4.69, 9.17) is 4.74 Å². The molecule has 0 aliphatic rings. The molecule has 0 spiro atoms. The molecule has 0 radical (unpaired) electrons. The number of amides is 1. The van der Waals surface area contributed by atoms with E-state index >= 15 is 0 Å². The molecule has 0 saturated heterocycles. The molecule has 146 valence electrons. The van der Waals surface area contributed by atoms with Crippen molar-refractivity contribution in [3.05, 3.63) is 87.6 Å². The van der Waals surface area contributed by atoms with Crippen molar-refractivity contribution in [2.24, 2.45) is 0 Å². The van der Waals surface area contributed by atoms with Crippen LogP contribution in [0.4, 0.5) is 0 Å². The lowest BCUT2D eigenvalue weighted by atomic mass is 10.1. The van der Waals surface area contributed by atoms with Crippen molar-refractivity contribution >= 4 is 17.2 Å². The highest BCUT2D eigenvalue weighted by atomic mass is 32.1. The molecule has 28 heavy (non-hydrogen) atoms. The molecule has 0 unspecified atom stereocenters. The Kier molecular flexibility index (Phi) is 7.23. The number of aryl methyl sites for hydroxylation is 1. The summed E-state index contributed by atoms with van der Waals surface area (Å²) in [7, 11) is 1.68. The first-order valence-corrected chi connectivity index (χ1v) is 10.2. The third-order valence-electron chi connectivity index (χ3n) is 4.52. The Labute approximate surface area is 170 Å². The summed E-state index contributed by atoms with van der Waals surface area (Å²) in [5.41, 5.74) is 3.40. The van der Waals surface area contributed by atoms with Gasteiger partial charge in [-0.3, -0.25) is 9.69 Å². The molecule has 4 nitrogen and oxygen atoms in total. The van der Waals surface area contributed by atoms with E-state index in [1.54, 1.807) is 18.4 Å². The summed E-state index contributed by atoms with van der Waals surface area (Å²) in [5, 5.41) is 5.10. The van der Waals surface area contributed by atoms with Crippen LogP contribution in [0.1, 0.15) is 21.6 Å². The third kappa shape index (κ3) is 5.94. The molecule has 3 aromatic rings. The zero-order chi connectivity index (χ0) is 19.8. The van der Waals surface area contributed by atoms with Gasteiger partial charge in [-0.1, -0.05) is 54.1 Å². The van der Waals surface area contributed by atoms with Gasteiger partial charge in [0.2, 0.25) is 5.91 Å². The monoisotopic (exact) mass is 394 g/mol. The zero-order valence-electron chi connectivity index (χ0n) is 16.4. The van der Waals surface area contributed by atoms with Gasteiger partial charge in [-0.05, 0) is 30.0 Å². The fraction of sp³-hybridized carbons (Fsp3) is 0.261. The molecule has 0 aliphatic heterocycles. The molecule has 3 rings (SSSR count). The van der Waals surface area contributed by atoms with Crippen LogP contribution in [0.3, 0.4) is 0 Å². The molecule has 1 heterocycles. The van der Waals surface area contributed by atoms with Gasteiger partial charge in [-0.15, -0.1) is 11.3 Å². The quantitative estimate of drug-likeness (QED) is 0.585. The number of methoxy groups -OCH3 is 1. The molecule has 5 heteroatoms. The van der Waals surface area contributed by atoms with Crippen LogP contribution in [0, 0.1) is 6.92 Å². The van der Waals surface area contributed by atoms with E-state index in [1.807, 2.05) is 42.5 Å². The van der Waals surface area contributed by atoms with E-state index in [2.05, 4.69) is 40.7 Å². The van der Waals surface area contributed by atoms with Crippen LogP contribution in [0.25, 0.3) is 0 Å². The van der Waals surface area contributed by atoms with Gasteiger partial charge >= 0.3 is 0 Å². The van der Waals surface area contributed by atoms with Gasteiger partial charge in [0.1, 0.15) is 5.75 Å². The van der Waals surface area contributed by atoms with Gasteiger partial charge in [0.05, 0.1) is 13.7 Å². The summed E-state index contributed by atoms with van der Waals surface area (Å²) in [4.78, 5) is 16.0. The number of carbonyl (C=O) groups is 1. The minimum Gasteiger partial charge on any atom is -0.496 e. The Hall–Kier alpha value is -2.63. The Morgan fingerprint density at radius 1 is 1.04 bits per heavy atom. The van der Waals surface area contributed by atoms with Crippen molar-refractivity contribution in [1.29, 1.82) is 0 Å². The summed E-state index contributed by atoms with van der Waals surface area (Å²) in [6.45, 7) is 4.32. The molecular formula is C23H26N2O2S. The molecular weight excluding hydrogens is 368 g/mol. The maximum atomic E-state index is 12.6. The fourth-order valence-corrected chi connectivity index (χ4v) is 3.78. The van der Waals surface area contributed by atoms with Crippen LogP contribution in [-0.2, 0) is 24.4 Å². The lowest BCUT2D eigenvalue weighted by Crippen LogP contribution is -2.36. The number of rotatable bonds is 9. The van der Waals surface area contributed by atoms with Crippen molar-refractivity contribution < 1.29 is 9.53 Å². The van der Waals surface area contributed by atoms with Gasteiger partial charge in [-0.2, -0.15) is 0 Å². The highest BCUT2D eigenvalue weighted by Gasteiger charge is 2.15. The molecule has 0 aliphatic carbocycles. The Bertz CT molecular complexity index is 876. The lowest BCUT2D eigenvalue weighted by molar-refractivity contribution is -0.122. The van der Waals surface area contributed by atoms with Crippen molar-refractivity contribution in [3.63, 3.8) is 0 Å². The smallest absolute Gasteiger partial charge is 0.234 e. The summed E-state index contributed by atoms with van der Waals surface area (Å²) < 4.78 is 5.48. The second-order valence-corrected chi connectivity index (χ2v) is 7.83. The first-order valence-electron chi connectivity index (χ1n) is 9.33. The molecule has 0 bridgehead atoms. The van der Waals surface area contributed by atoms with Crippen molar-refractivity contribution in [3.8, 4) is 5.75 Å². The maximum absolute atomic E-state index is 12.6. The first kappa shape index (κ1) is 20.1. The van der Waals surface area contributed by atoms with E-state index in [9.17, 15) is 4.79 Å². The number of carbonyl (C=O) groups excluding carboxylic acids is 1. The van der Waals surface area contributed by atoms with Gasteiger partial charge in [0.15, 0.2) is 0 Å². The van der Waals surface area contributed by atoms with Crippen molar-refractivity contribution in [2.45, 2.75) is 26.6 Å². The number of nitrogens with one attached hydrogen (secondary N) is 1. The summed E-state index contributed by atoms with van der Waals surface area (Å²) in [5.74, 6) is 0.866. The fourth-order valence-electron chi connectivity index (χ4n) is 3.03. The van der Waals surface area contributed by atoms with Crippen LogP contribution < -0.4 is 10.1 Å². The standard InChI is InChI=1S/C23H26N2O2S/c1-18-9-11-19(12-10-18)14-24-23(26)17-25(16-21-7-5-13-28-21)15-20-6-3-4-8-22(20)27-2/h3-13H,14-17H2,1-2H3,(H,24,26). The lowest BCUT2D eigenvalue weighted by Gasteiger charge is -2.22. The minimum atomic E-state index is 0.0204. The second kappa shape index (κ2) is 10.1. The molecule has 0 fully saturated rings. The Morgan fingerprint density at radius 3 is 2.54 bits per heavy atom. The van der Waals surface area contributed by atoms with Gasteiger partial charge in [0, 0.05) is 30.1 Å².